The molecule has 0 unspecified atom stereocenters. The second kappa shape index (κ2) is 9.17. The van der Waals surface area contributed by atoms with Gasteiger partial charge in [-0.2, -0.15) is 0 Å². The van der Waals surface area contributed by atoms with Crippen LogP contribution in [-0.2, 0) is 22.9 Å². The molecular weight excluding hydrogens is 410 g/mol. The van der Waals surface area contributed by atoms with E-state index in [1.54, 1.807) is 24.6 Å². The second-order valence-corrected chi connectivity index (χ2v) is 8.85. The Labute approximate surface area is 173 Å². The normalized spacial score (nSPS) is 11.2. The number of nitrogens with two attached hydrogens (primary N) is 1. The van der Waals surface area contributed by atoms with Crippen LogP contribution in [0.25, 0.3) is 0 Å². The Morgan fingerprint density at radius 3 is 2.38 bits per heavy atom. The molecule has 29 heavy (non-hydrogen) atoms. The van der Waals surface area contributed by atoms with Gasteiger partial charge in [-0.25, -0.2) is 18.5 Å². The van der Waals surface area contributed by atoms with E-state index in [0.717, 1.165) is 21.9 Å². The lowest BCUT2D eigenvalue weighted by atomic mass is 10.1. The molecular formula is C20H21N3O4S2. The number of rotatable bonds is 8. The van der Waals surface area contributed by atoms with E-state index in [0.29, 0.717) is 25.1 Å². The highest BCUT2D eigenvalue weighted by Gasteiger charge is 2.11. The first-order chi connectivity index (χ1) is 13.8. The molecule has 7 nitrogen and oxygen atoms in total. The van der Waals surface area contributed by atoms with Gasteiger partial charge in [0, 0.05) is 18.3 Å². The fraction of sp³-hybridized carbons (Fsp3) is 0.200. The zero-order chi connectivity index (χ0) is 20.9. The van der Waals surface area contributed by atoms with Gasteiger partial charge in [0.15, 0.2) is 0 Å². The Morgan fingerprint density at radius 1 is 1.10 bits per heavy atom. The molecule has 0 atom stereocenters. The Balaban J connectivity index is 1.51. The molecule has 0 saturated carbocycles. The first-order valence-electron chi connectivity index (χ1n) is 8.82. The molecule has 152 valence electrons. The van der Waals surface area contributed by atoms with Crippen molar-refractivity contribution in [3.8, 4) is 5.75 Å². The Hall–Kier alpha value is -2.75. The van der Waals surface area contributed by atoms with Gasteiger partial charge in [-0.3, -0.25) is 4.79 Å². The van der Waals surface area contributed by atoms with Crippen LogP contribution < -0.4 is 15.2 Å². The van der Waals surface area contributed by atoms with Gasteiger partial charge in [0.2, 0.25) is 10.0 Å². The maximum Gasteiger partial charge on any atom is 0.270 e. The summed E-state index contributed by atoms with van der Waals surface area (Å²) in [4.78, 5) is 16.8. The highest BCUT2D eigenvalue weighted by Crippen LogP contribution is 2.17. The minimum atomic E-state index is -3.70. The maximum absolute atomic E-state index is 12.3. The number of hydrogen-bond acceptors (Lipinski definition) is 6. The molecule has 0 aliphatic carbocycles. The monoisotopic (exact) mass is 431 g/mol. The molecule has 0 spiro atoms. The number of amides is 1. The van der Waals surface area contributed by atoms with E-state index >= 15 is 0 Å². The van der Waals surface area contributed by atoms with E-state index in [1.165, 1.54) is 23.5 Å². The zero-order valence-electron chi connectivity index (χ0n) is 15.8. The molecule has 1 aromatic heterocycles. The van der Waals surface area contributed by atoms with Crippen molar-refractivity contribution in [2.75, 3.05) is 13.7 Å². The third-order valence-corrected chi connectivity index (χ3v) is 6.03. The van der Waals surface area contributed by atoms with E-state index in [1.807, 2.05) is 24.3 Å². The van der Waals surface area contributed by atoms with Crippen LogP contribution in [0.2, 0.25) is 0 Å². The zero-order valence-corrected chi connectivity index (χ0v) is 17.4. The van der Waals surface area contributed by atoms with Crippen molar-refractivity contribution in [1.29, 1.82) is 0 Å². The summed E-state index contributed by atoms with van der Waals surface area (Å²) in [6.45, 7) is 0.416. The molecule has 0 saturated heterocycles. The van der Waals surface area contributed by atoms with Gasteiger partial charge in [0.05, 0.1) is 17.0 Å². The van der Waals surface area contributed by atoms with Crippen molar-refractivity contribution >= 4 is 27.3 Å². The van der Waals surface area contributed by atoms with Crippen molar-refractivity contribution in [2.45, 2.75) is 17.7 Å². The van der Waals surface area contributed by atoms with Crippen molar-refractivity contribution in [2.24, 2.45) is 5.14 Å². The lowest BCUT2D eigenvalue weighted by molar-refractivity contribution is 0.0949. The number of nitrogens with zero attached hydrogens (tertiary/aromatic N) is 1. The van der Waals surface area contributed by atoms with Crippen molar-refractivity contribution < 1.29 is 17.9 Å². The number of hydrogen-bond donors (Lipinski definition) is 2. The predicted octanol–water partition coefficient (Wildman–Crippen LogP) is 2.36. The van der Waals surface area contributed by atoms with Crippen molar-refractivity contribution in [3.05, 3.63) is 75.7 Å². The van der Waals surface area contributed by atoms with Crippen LogP contribution in [0.4, 0.5) is 0 Å². The smallest absolute Gasteiger partial charge is 0.270 e. The molecule has 0 radical (unpaired) electrons. The van der Waals surface area contributed by atoms with Gasteiger partial charge in [-0.15, -0.1) is 11.3 Å². The molecule has 3 aromatic rings. The predicted molar refractivity (Wildman–Crippen MR) is 112 cm³/mol. The molecule has 3 N–H and O–H groups in total. The largest absolute Gasteiger partial charge is 0.497 e. The number of carbonyl (C=O) groups is 1. The van der Waals surface area contributed by atoms with E-state index in [2.05, 4.69) is 10.3 Å². The van der Waals surface area contributed by atoms with Crippen LogP contribution in [0, 0.1) is 0 Å². The third-order valence-electron chi connectivity index (χ3n) is 4.25. The van der Waals surface area contributed by atoms with Crippen molar-refractivity contribution in [1.82, 2.24) is 10.3 Å². The van der Waals surface area contributed by atoms with Crippen LogP contribution >= 0.6 is 11.3 Å². The molecule has 9 heteroatoms. The first-order valence-corrected chi connectivity index (χ1v) is 11.2. The lowest BCUT2D eigenvalue weighted by Gasteiger charge is -2.05. The summed E-state index contributed by atoms with van der Waals surface area (Å²) in [6, 6.07) is 14.0. The van der Waals surface area contributed by atoms with Crippen LogP contribution in [0.15, 0.2) is 58.8 Å². The van der Waals surface area contributed by atoms with Crippen LogP contribution in [0.1, 0.15) is 26.6 Å². The SMILES string of the molecule is COc1ccc(Cc2nc(C(=O)NCCc3ccc(S(N)(=O)=O)cc3)cs2)cc1. The standard InChI is InChI=1S/C20H21N3O4S2/c1-27-16-6-2-15(3-7-16)12-19-23-18(13-28-19)20(24)22-11-10-14-4-8-17(9-5-14)29(21,25)26/h2-9,13H,10-12H2,1H3,(H,22,24)(H2,21,25,26). The summed E-state index contributed by atoms with van der Waals surface area (Å²) in [7, 11) is -2.07. The Morgan fingerprint density at radius 2 is 1.76 bits per heavy atom. The number of nitrogens with one attached hydrogen (secondary N) is 1. The quantitative estimate of drug-likeness (QED) is 0.569. The number of benzene rings is 2. The Kier molecular flexibility index (Phi) is 6.63. The molecule has 0 aliphatic rings. The summed E-state index contributed by atoms with van der Waals surface area (Å²) < 4.78 is 27.7. The van der Waals surface area contributed by atoms with Gasteiger partial charge in [-0.1, -0.05) is 24.3 Å². The Bertz CT molecular complexity index is 1080. The summed E-state index contributed by atoms with van der Waals surface area (Å²) >= 11 is 1.44. The second-order valence-electron chi connectivity index (χ2n) is 6.35. The van der Waals surface area contributed by atoms with Gasteiger partial charge in [0.25, 0.3) is 5.91 Å². The minimum Gasteiger partial charge on any atom is -0.497 e. The molecule has 1 heterocycles. The van der Waals surface area contributed by atoms with Gasteiger partial charge < -0.3 is 10.1 Å². The van der Waals surface area contributed by atoms with E-state index in [9.17, 15) is 13.2 Å². The number of carbonyl (C=O) groups excluding carboxylic acids is 1. The molecule has 0 bridgehead atoms. The minimum absolute atomic E-state index is 0.0668. The van der Waals surface area contributed by atoms with Gasteiger partial charge >= 0.3 is 0 Å². The highest BCUT2D eigenvalue weighted by atomic mass is 32.2. The summed E-state index contributed by atoms with van der Waals surface area (Å²) in [5, 5.41) is 10.5. The molecule has 0 aliphatic heterocycles. The highest BCUT2D eigenvalue weighted by molar-refractivity contribution is 7.89. The third kappa shape index (κ3) is 5.86. The number of ether oxygens (including phenoxy) is 1. The van der Waals surface area contributed by atoms with Gasteiger partial charge in [-0.05, 0) is 41.8 Å². The van der Waals surface area contributed by atoms with E-state index in [4.69, 9.17) is 9.88 Å². The average Bonchev–Trinajstić information content (AvgIpc) is 3.17. The fourth-order valence-electron chi connectivity index (χ4n) is 2.67. The number of thiazole rings is 1. The number of primary sulfonamides is 1. The molecule has 1 amide bonds. The van der Waals surface area contributed by atoms with E-state index < -0.39 is 10.0 Å². The lowest BCUT2D eigenvalue weighted by Crippen LogP contribution is -2.26. The molecule has 2 aromatic carbocycles. The number of aromatic nitrogens is 1. The van der Waals surface area contributed by atoms with E-state index in [-0.39, 0.29) is 10.8 Å². The van der Waals surface area contributed by atoms with Crippen LogP contribution in [0.5, 0.6) is 5.75 Å². The van der Waals surface area contributed by atoms with Crippen molar-refractivity contribution in [3.63, 3.8) is 0 Å². The fourth-order valence-corrected chi connectivity index (χ4v) is 4.00. The first kappa shape index (κ1) is 21.0. The molecule has 3 rings (SSSR count). The summed E-state index contributed by atoms with van der Waals surface area (Å²) in [6.07, 6.45) is 1.22. The summed E-state index contributed by atoms with van der Waals surface area (Å²) in [5.41, 5.74) is 2.38. The maximum atomic E-state index is 12.3. The average molecular weight is 432 g/mol. The van der Waals surface area contributed by atoms with Gasteiger partial charge in [0.1, 0.15) is 11.4 Å². The number of sulfonamides is 1. The molecule has 0 fully saturated rings. The van der Waals surface area contributed by atoms with Crippen LogP contribution in [0.3, 0.4) is 0 Å². The topological polar surface area (TPSA) is 111 Å². The summed E-state index contributed by atoms with van der Waals surface area (Å²) in [5.74, 6) is 0.565. The number of methoxy groups -OCH3 is 1. The van der Waals surface area contributed by atoms with Crippen LogP contribution in [-0.4, -0.2) is 33.0 Å².